The lowest BCUT2D eigenvalue weighted by Gasteiger charge is -2.48. The second-order valence-corrected chi connectivity index (χ2v) is 9.13. The van der Waals surface area contributed by atoms with Crippen molar-refractivity contribution in [2.75, 3.05) is 32.2 Å². The molecule has 35 heavy (non-hydrogen) atoms. The lowest BCUT2D eigenvalue weighted by Crippen LogP contribution is -2.67. The Hall–Kier alpha value is -1.24. The van der Waals surface area contributed by atoms with Crippen LogP contribution in [0.25, 0.3) is 0 Å². The predicted octanol–water partition coefficient (Wildman–Crippen LogP) is -3.09. The van der Waals surface area contributed by atoms with E-state index in [9.17, 15) is 45.4 Å². The molecule has 0 spiro atoms. The average molecular weight is 532 g/mol. The number of hydrogen-bond donors (Lipinski definition) is 7. The van der Waals surface area contributed by atoms with E-state index < -0.39 is 80.6 Å². The van der Waals surface area contributed by atoms with Crippen molar-refractivity contribution in [1.29, 1.82) is 0 Å². The molecule has 2 heterocycles. The van der Waals surface area contributed by atoms with Gasteiger partial charge < -0.3 is 50.0 Å². The van der Waals surface area contributed by atoms with Crippen LogP contribution in [0.2, 0.25) is 0 Å². The average Bonchev–Trinajstić information content (AvgIpc) is 2.83. The Morgan fingerprint density at radius 2 is 1.60 bits per heavy atom. The Morgan fingerprint density at radius 1 is 0.971 bits per heavy atom. The number of aliphatic hydroxyl groups is 7. The summed E-state index contributed by atoms with van der Waals surface area (Å²) < 4.78 is 16.4. The highest BCUT2D eigenvalue weighted by atomic mass is 35.5. The summed E-state index contributed by atoms with van der Waals surface area (Å²) in [6, 6.07) is -0.949. The fourth-order valence-electron chi connectivity index (χ4n) is 3.91. The molecule has 0 aromatic rings. The monoisotopic (exact) mass is 531 g/mol. The molecule has 0 aliphatic carbocycles. The third kappa shape index (κ3) is 6.75. The smallest absolute Gasteiger partial charge is 0.345 e. The molecule has 0 bridgehead atoms. The first-order chi connectivity index (χ1) is 16.5. The van der Waals surface area contributed by atoms with Crippen molar-refractivity contribution in [3.05, 3.63) is 4.91 Å². The van der Waals surface area contributed by atoms with Crippen LogP contribution in [0.1, 0.15) is 13.8 Å². The molecular weight excluding hydrogens is 498 g/mol. The Labute approximate surface area is 206 Å². The summed E-state index contributed by atoms with van der Waals surface area (Å²) in [5, 5.41) is 74.1. The SMILES string of the molecule is CC(C)CN(C(=O)N(CCCl)N=O)C1OC(CO)C(OC2OC(CO)C(O)C(O)C2O)C(O)C1O. The summed E-state index contributed by atoms with van der Waals surface area (Å²) in [5.74, 6) is -0.273. The number of rotatable bonds is 10. The third-order valence-electron chi connectivity index (χ3n) is 5.71. The van der Waals surface area contributed by atoms with Gasteiger partial charge in [-0.2, -0.15) is 5.01 Å². The maximum atomic E-state index is 12.9. The van der Waals surface area contributed by atoms with Gasteiger partial charge in [-0.05, 0) is 5.92 Å². The highest BCUT2D eigenvalue weighted by Crippen LogP contribution is 2.31. The maximum absolute atomic E-state index is 12.9. The number of hydrogen-bond acceptors (Lipinski definition) is 13. The van der Waals surface area contributed by atoms with E-state index in [0.717, 1.165) is 4.90 Å². The van der Waals surface area contributed by atoms with Crippen molar-refractivity contribution in [3.63, 3.8) is 0 Å². The lowest BCUT2D eigenvalue weighted by molar-refractivity contribution is -0.347. The molecule has 10 unspecified atom stereocenters. The van der Waals surface area contributed by atoms with Gasteiger partial charge in [0.2, 0.25) is 0 Å². The van der Waals surface area contributed by atoms with E-state index in [1.165, 1.54) is 0 Å². The molecule has 7 N–H and O–H groups in total. The molecule has 0 aromatic heterocycles. The number of aliphatic hydroxyl groups excluding tert-OH is 7. The van der Waals surface area contributed by atoms with Crippen molar-refractivity contribution < 1.29 is 54.8 Å². The molecule has 15 nitrogen and oxygen atoms in total. The minimum atomic E-state index is -1.82. The van der Waals surface area contributed by atoms with Gasteiger partial charge in [-0.25, -0.2) is 4.79 Å². The highest BCUT2D eigenvalue weighted by Gasteiger charge is 2.52. The van der Waals surface area contributed by atoms with Crippen molar-refractivity contribution in [2.45, 2.75) is 75.2 Å². The second kappa shape index (κ2) is 13.3. The van der Waals surface area contributed by atoms with E-state index in [4.69, 9.17) is 25.8 Å². The number of carbonyl (C=O) groups is 1. The van der Waals surface area contributed by atoms with Crippen LogP contribution in [0.5, 0.6) is 0 Å². The Kier molecular flexibility index (Phi) is 11.4. The van der Waals surface area contributed by atoms with Gasteiger partial charge in [0, 0.05) is 12.4 Å². The van der Waals surface area contributed by atoms with E-state index in [0.29, 0.717) is 5.01 Å². The molecular formula is C19H34ClN3O12. The summed E-state index contributed by atoms with van der Waals surface area (Å²) in [5.41, 5.74) is 0. The zero-order valence-corrected chi connectivity index (χ0v) is 20.0. The fraction of sp³-hybridized carbons (Fsp3) is 0.947. The summed E-state index contributed by atoms with van der Waals surface area (Å²) in [7, 11) is 0. The molecule has 2 aliphatic rings. The first-order valence-corrected chi connectivity index (χ1v) is 11.6. The standard InChI is InChI=1S/C19H34ClN3O12/c1-8(2)5-22(19(31)23(21-32)4-3-20)17-14(29)13(28)16(10(7-25)33-17)35-18-15(30)12(27)11(26)9(6-24)34-18/h8-18,24-30H,3-7H2,1-2H3. The molecule has 2 rings (SSSR count). The number of nitrogens with zero attached hydrogens (tertiary/aromatic N) is 3. The Bertz CT molecular complexity index is 689. The molecule has 2 saturated heterocycles. The lowest BCUT2D eigenvalue weighted by atomic mass is 9.96. The largest absolute Gasteiger partial charge is 0.394 e. The summed E-state index contributed by atoms with van der Waals surface area (Å²) in [4.78, 5) is 25.0. The van der Waals surface area contributed by atoms with Crippen LogP contribution in [-0.4, -0.2) is 145 Å². The van der Waals surface area contributed by atoms with E-state index in [2.05, 4.69) is 5.29 Å². The van der Waals surface area contributed by atoms with Crippen LogP contribution in [-0.2, 0) is 14.2 Å². The van der Waals surface area contributed by atoms with Gasteiger partial charge in [0.1, 0.15) is 48.8 Å². The number of urea groups is 1. The molecule has 2 fully saturated rings. The molecule has 16 heteroatoms. The topological polar surface area (TPSA) is 222 Å². The number of alkyl halides is 1. The van der Waals surface area contributed by atoms with Crippen molar-refractivity contribution in [1.82, 2.24) is 9.91 Å². The van der Waals surface area contributed by atoms with Crippen LogP contribution in [0.4, 0.5) is 4.79 Å². The van der Waals surface area contributed by atoms with Gasteiger partial charge in [-0.3, -0.25) is 4.90 Å². The quantitative estimate of drug-likeness (QED) is 0.0846. The van der Waals surface area contributed by atoms with E-state index in [1.807, 2.05) is 0 Å². The molecule has 10 atom stereocenters. The van der Waals surface area contributed by atoms with Crippen LogP contribution in [0.15, 0.2) is 5.29 Å². The molecule has 0 radical (unpaired) electrons. The Balaban J connectivity index is 2.27. The van der Waals surface area contributed by atoms with Gasteiger partial charge in [-0.15, -0.1) is 16.5 Å². The number of amides is 2. The van der Waals surface area contributed by atoms with E-state index >= 15 is 0 Å². The van der Waals surface area contributed by atoms with Gasteiger partial charge >= 0.3 is 6.03 Å². The summed E-state index contributed by atoms with van der Waals surface area (Å²) in [6.45, 7) is 1.75. The first kappa shape index (κ1) is 30.0. The summed E-state index contributed by atoms with van der Waals surface area (Å²) in [6.07, 6.45) is -16.3. The maximum Gasteiger partial charge on any atom is 0.345 e. The predicted molar refractivity (Wildman–Crippen MR) is 117 cm³/mol. The molecule has 2 aliphatic heterocycles. The first-order valence-electron chi connectivity index (χ1n) is 11.1. The van der Waals surface area contributed by atoms with Crippen LogP contribution in [0, 0.1) is 10.8 Å². The molecule has 2 amide bonds. The minimum Gasteiger partial charge on any atom is -0.394 e. The van der Waals surface area contributed by atoms with Crippen LogP contribution in [0.3, 0.4) is 0 Å². The van der Waals surface area contributed by atoms with Crippen molar-refractivity contribution in [3.8, 4) is 0 Å². The molecule has 0 aromatic carbocycles. The molecule has 0 saturated carbocycles. The summed E-state index contributed by atoms with van der Waals surface area (Å²) >= 11 is 5.61. The number of halogens is 1. The Morgan fingerprint density at radius 3 is 2.11 bits per heavy atom. The van der Waals surface area contributed by atoms with E-state index in [1.54, 1.807) is 13.8 Å². The van der Waals surface area contributed by atoms with Gasteiger partial charge in [-0.1, -0.05) is 13.8 Å². The normalized spacial score (nSPS) is 37.8. The highest BCUT2D eigenvalue weighted by molar-refractivity contribution is 6.18. The van der Waals surface area contributed by atoms with Gasteiger partial charge in [0.25, 0.3) is 0 Å². The van der Waals surface area contributed by atoms with Crippen molar-refractivity contribution >= 4 is 17.6 Å². The van der Waals surface area contributed by atoms with Crippen LogP contribution < -0.4 is 0 Å². The second-order valence-electron chi connectivity index (χ2n) is 8.75. The zero-order valence-electron chi connectivity index (χ0n) is 19.3. The van der Waals surface area contributed by atoms with Gasteiger partial charge in [0.15, 0.2) is 12.5 Å². The number of nitroso groups, excluding NO2 is 1. The van der Waals surface area contributed by atoms with Crippen molar-refractivity contribution in [2.24, 2.45) is 11.2 Å². The number of carbonyl (C=O) groups excluding carboxylic acids is 1. The number of ether oxygens (including phenoxy) is 3. The molecule has 204 valence electrons. The van der Waals surface area contributed by atoms with Crippen LogP contribution >= 0.6 is 11.6 Å². The van der Waals surface area contributed by atoms with Gasteiger partial charge in [0.05, 0.1) is 25.0 Å². The minimum absolute atomic E-state index is 0.0298. The zero-order chi connectivity index (χ0) is 26.4. The van der Waals surface area contributed by atoms with E-state index in [-0.39, 0.29) is 24.9 Å². The fourth-order valence-corrected chi connectivity index (χ4v) is 4.07. The third-order valence-corrected chi connectivity index (χ3v) is 5.88.